The van der Waals surface area contributed by atoms with Gasteiger partial charge in [0.2, 0.25) is 10.0 Å². The Bertz CT molecular complexity index is 740. The van der Waals surface area contributed by atoms with Gasteiger partial charge in [-0.25, -0.2) is 13.1 Å². The average Bonchev–Trinajstić information content (AvgIpc) is 2.57. The van der Waals surface area contributed by atoms with Crippen molar-refractivity contribution in [1.82, 2.24) is 4.72 Å². The van der Waals surface area contributed by atoms with Crippen LogP contribution in [0.2, 0.25) is 0 Å². The Morgan fingerprint density at radius 2 is 1.42 bits per heavy atom. The molecule has 0 heterocycles. The molecular weight excluding hydrogens is 326 g/mol. The molecule has 5 nitrogen and oxygen atoms in total. The third-order valence-corrected chi connectivity index (χ3v) is 5.08. The lowest BCUT2D eigenvalue weighted by Crippen LogP contribution is -2.31. The van der Waals surface area contributed by atoms with Crippen LogP contribution in [0.5, 0.6) is 17.2 Å². The van der Waals surface area contributed by atoms with E-state index in [-0.39, 0.29) is 10.9 Å². The first-order valence-corrected chi connectivity index (χ1v) is 9.46. The lowest BCUT2D eigenvalue weighted by Gasteiger charge is -2.12. The zero-order chi connectivity index (χ0) is 17.6. The quantitative estimate of drug-likeness (QED) is 0.783. The summed E-state index contributed by atoms with van der Waals surface area (Å²) < 4.78 is 38.1. The van der Waals surface area contributed by atoms with E-state index in [1.165, 1.54) is 12.1 Å². The van der Waals surface area contributed by atoms with Crippen molar-refractivity contribution in [2.24, 2.45) is 0 Å². The van der Waals surface area contributed by atoms with Crippen LogP contribution in [0.3, 0.4) is 0 Å². The Morgan fingerprint density at radius 1 is 0.917 bits per heavy atom. The van der Waals surface area contributed by atoms with Crippen LogP contribution in [-0.2, 0) is 10.0 Å². The fraction of sp³-hybridized carbons (Fsp3) is 0.333. The van der Waals surface area contributed by atoms with Gasteiger partial charge in [-0.15, -0.1) is 0 Å². The van der Waals surface area contributed by atoms with Crippen LogP contribution in [0.1, 0.15) is 27.2 Å². The van der Waals surface area contributed by atoms with Crippen molar-refractivity contribution in [2.75, 3.05) is 6.61 Å². The van der Waals surface area contributed by atoms with Crippen LogP contribution in [0.4, 0.5) is 0 Å². The van der Waals surface area contributed by atoms with Crippen LogP contribution in [-0.4, -0.2) is 21.1 Å². The Hall–Kier alpha value is -2.05. The van der Waals surface area contributed by atoms with Crippen LogP contribution >= 0.6 is 0 Å². The minimum absolute atomic E-state index is 0.102. The van der Waals surface area contributed by atoms with Crippen LogP contribution in [0.25, 0.3) is 0 Å². The molecule has 1 N–H and O–H groups in total. The summed E-state index contributed by atoms with van der Waals surface area (Å²) in [5, 5.41) is 0. The molecule has 6 heteroatoms. The van der Waals surface area contributed by atoms with Gasteiger partial charge in [0, 0.05) is 6.04 Å². The third-order valence-electron chi connectivity index (χ3n) is 3.47. The number of hydrogen-bond donors (Lipinski definition) is 1. The van der Waals surface area contributed by atoms with Crippen molar-refractivity contribution in [3.63, 3.8) is 0 Å². The lowest BCUT2D eigenvalue weighted by molar-refractivity contribution is 0.339. The Labute approximate surface area is 143 Å². The second-order valence-electron chi connectivity index (χ2n) is 5.41. The number of ether oxygens (including phenoxy) is 2. The molecule has 130 valence electrons. The van der Waals surface area contributed by atoms with Gasteiger partial charge in [-0.2, -0.15) is 0 Å². The summed E-state index contributed by atoms with van der Waals surface area (Å²) in [6, 6.07) is 13.5. The first-order chi connectivity index (χ1) is 11.4. The van der Waals surface area contributed by atoms with Gasteiger partial charge < -0.3 is 9.47 Å². The fourth-order valence-corrected chi connectivity index (χ4v) is 3.34. The number of rotatable bonds is 8. The molecule has 0 saturated carbocycles. The zero-order valence-electron chi connectivity index (χ0n) is 14.2. The van der Waals surface area contributed by atoms with E-state index in [0.29, 0.717) is 18.1 Å². The molecule has 0 aliphatic carbocycles. The molecule has 2 rings (SSSR count). The summed E-state index contributed by atoms with van der Waals surface area (Å²) in [7, 11) is -3.50. The average molecular weight is 349 g/mol. The van der Waals surface area contributed by atoms with Gasteiger partial charge in [0.25, 0.3) is 0 Å². The number of benzene rings is 2. The SMILES string of the molecule is CCOc1ccc(Oc2ccc(S(=O)(=O)N[C@@H](C)CC)cc2)cc1. The van der Waals surface area contributed by atoms with E-state index in [4.69, 9.17) is 9.47 Å². The van der Waals surface area contributed by atoms with E-state index in [1.807, 2.05) is 32.9 Å². The number of nitrogens with one attached hydrogen (secondary N) is 1. The van der Waals surface area contributed by atoms with E-state index in [1.54, 1.807) is 24.3 Å². The molecule has 24 heavy (non-hydrogen) atoms. The van der Waals surface area contributed by atoms with E-state index in [0.717, 1.165) is 12.2 Å². The molecule has 0 fully saturated rings. The first-order valence-electron chi connectivity index (χ1n) is 7.97. The Morgan fingerprint density at radius 3 is 1.92 bits per heavy atom. The normalized spacial score (nSPS) is 12.6. The summed E-state index contributed by atoms with van der Waals surface area (Å²) in [4.78, 5) is 0.224. The minimum atomic E-state index is -3.50. The Kier molecular flexibility index (Phi) is 6.23. The summed E-state index contributed by atoms with van der Waals surface area (Å²) in [5.74, 6) is 2.01. The summed E-state index contributed by atoms with van der Waals surface area (Å²) in [6.45, 7) is 6.30. The molecule has 0 aliphatic rings. The molecule has 0 saturated heterocycles. The smallest absolute Gasteiger partial charge is 0.240 e. The van der Waals surface area contributed by atoms with Crippen molar-refractivity contribution >= 4 is 10.0 Å². The third kappa shape index (κ3) is 4.97. The maximum Gasteiger partial charge on any atom is 0.240 e. The molecule has 0 aromatic heterocycles. The predicted molar refractivity (Wildman–Crippen MR) is 94.2 cm³/mol. The topological polar surface area (TPSA) is 64.6 Å². The molecule has 2 aromatic rings. The molecule has 0 radical (unpaired) electrons. The number of sulfonamides is 1. The van der Waals surface area contributed by atoms with E-state index >= 15 is 0 Å². The van der Waals surface area contributed by atoms with Gasteiger partial charge in [-0.05, 0) is 68.8 Å². The van der Waals surface area contributed by atoms with E-state index in [9.17, 15) is 8.42 Å². The monoisotopic (exact) mass is 349 g/mol. The first kappa shape index (κ1) is 18.3. The van der Waals surface area contributed by atoms with Crippen molar-refractivity contribution in [3.05, 3.63) is 48.5 Å². The maximum absolute atomic E-state index is 12.2. The second kappa shape index (κ2) is 8.17. The van der Waals surface area contributed by atoms with Crippen LogP contribution in [0, 0.1) is 0 Å². The van der Waals surface area contributed by atoms with Gasteiger partial charge in [0.15, 0.2) is 0 Å². The maximum atomic E-state index is 12.2. The molecule has 0 bridgehead atoms. The minimum Gasteiger partial charge on any atom is -0.494 e. The molecule has 2 aromatic carbocycles. The lowest BCUT2D eigenvalue weighted by atomic mass is 10.3. The van der Waals surface area contributed by atoms with E-state index in [2.05, 4.69) is 4.72 Å². The standard InChI is InChI=1S/C18H23NO4S/c1-4-14(3)19-24(20,21)18-12-10-17(11-13-18)23-16-8-6-15(7-9-16)22-5-2/h6-14,19H,4-5H2,1-3H3/t14-/m0/s1. The highest BCUT2D eigenvalue weighted by atomic mass is 32.2. The molecule has 0 spiro atoms. The van der Waals surface area contributed by atoms with Crippen molar-refractivity contribution < 1.29 is 17.9 Å². The Balaban J connectivity index is 2.06. The largest absolute Gasteiger partial charge is 0.494 e. The highest BCUT2D eigenvalue weighted by Gasteiger charge is 2.16. The number of hydrogen-bond acceptors (Lipinski definition) is 4. The van der Waals surface area contributed by atoms with Crippen LogP contribution in [0.15, 0.2) is 53.4 Å². The fourth-order valence-electron chi connectivity index (χ4n) is 2.01. The predicted octanol–water partition coefficient (Wildman–Crippen LogP) is 3.95. The van der Waals surface area contributed by atoms with Gasteiger partial charge >= 0.3 is 0 Å². The van der Waals surface area contributed by atoms with Gasteiger partial charge in [0.05, 0.1) is 11.5 Å². The molecule has 0 unspecified atom stereocenters. The summed E-state index contributed by atoms with van der Waals surface area (Å²) in [6.07, 6.45) is 0.734. The van der Waals surface area contributed by atoms with Gasteiger partial charge in [-0.3, -0.25) is 0 Å². The van der Waals surface area contributed by atoms with Gasteiger partial charge in [0.1, 0.15) is 17.2 Å². The highest BCUT2D eigenvalue weighted by molar-refractivity contribution is 7.89. The second-order valence-corrected chi connectivity index (χ2v) is 7.12. The molecular formula is C18H23NO4S. The summed E-state index contributed by atoms with van der Waals surface area (Å²) in [5.41, 5.74) is 0. The van der Waals surface area contributed by atoms with Crippen molar-refractivity contribution in [3.8, 4) is 17.2 Å². The van der Waals surface area contributed by atoms with Crippen molar-refractivity contribution in [2.45, 2.75) is 38.1 Å². The van der Waals surface area contributed by atoms with Crippen molar-refractivity contribution in [1.29, 1.82) is 0 Å². The van der Waals surface area contributed by atoms with E-state index < -0.39 is 10.0 Å². The highest BCUT2D eigenvalue weighted by Crippen LogP contribution is 2.25. The zero-order valence-corrected chi connectivity index (χ0v) is 15.0. The molecule has 1 atom stereocenters. The molecule has 0 amide bonds. The van der Waals surface area contributed by atoms with Crippen LogP contribution < -0.4 is 14.2 Å². The molecule has 0 aliphatic heterocycles. The van der Waals surface area contributed by atoms with Gasteiger partial charge in [-0.1, -0.05) is 6.92 Å². The summed E-state index contributed by atoms with van der Waals surface area (Å²) >= 11 is 0.